The summed E-state index contributed by atoms with van der Waals surface area (Å²) >= 11 is 0. The number of aliphatic hydroxyl groups excluding tert-OH is 2. The van der Waals surface area contributed by atoms with Crippen molar-refractivity contribution in [1.29, 1.82) is 0 Å². The van der Waals surface area contributed by atoms with Gasteiger partial charge in [0.1, 0.15) is 6.61 Å². The van der Waals surface area contributed by atoms with Crippen LogP contribution in [0.25, 0.3) is 0 Å². The second-order valence-electron chi connectivity index (χ2n) is 4.28. The molecule has 0 saturated heterocycles. The normalized spacial score (nSPS) is 10.6. The lowest BCUT2D eigenvalue weighted by Crippen LogP contribution is -2.33. The predicted octanol–water partition coefficient (Wildman–Crippen LogP) is -0.172. The molecule has 0 unspecified atom stereocenters. The number of carbonyl (C=O) groups is 2. The number of carboxylic acid groups (broad SMARTS) is 1. The molecule has 0 saturated carbocycles. The molecular weight excluding hydrogens is 278 g/mol. The summed E-state index contributed by atoms with van der Waals surface area (Å²) in [5.41, 5.74) is -0.106. The number of carbonyl (C=O) groups excluding carboxylic acids is 1. The van der Waals surface area contributed by atoms with Crippen LogP contribution in [0.15, 0.2) is 24.3 Å². The van der Waals surface area contributed by atoms with Crippen molar-refractivity contribution in [1.82, 2.24) is 4.90 Å². The van der Waals surface area contributed by atoms with Gasteiger partial charge in [0.15, 0.2) is 0 Å². The van der Waals surface area contributed by atoms with Gasteiger partial charge < -0.3 is 20.1 Å². The van der Waals surface area contributed by atoms with Crippen molar-refractivity contribution < 1.29 is 29.6 Å². The molecule has 0 heterocycles. The largest absolute Gasteiger partial charge is 0.478 e. The number of carboxylic acids is 1. The van der Waals surface area contributed by atoms with E-state index in [1.165, 1.54) is 18.2 Å². The number of hydrogen-bond acceptors (Lipinski definition) is 6. The molecule has 0 aliphatic heterocycles. The van der Waals surface area contributed by atoms with Gasteiger partial charge >= 0.3 is 11.9 Å². The number of ether oxygens (including phenoxy) is 1. The van der Waals surface area contributed by atoms with E-state index >= 15 is 0 Å². The number of benzene rings is 1. The first-order chi connectivity index (χ1) is 10.1. The molecule has 0 fully saturated rings. The average molecular weight is 297 g/mol. The van der Waals surface area contributed by atoms with E-state index in [0.717, 1.165) is 0 Å². The molecule has 0 amide bonds. The van der Waals surface area contributed by atoms with Crippen LogP contribution in [0.2, 0.25) is 0 Å². The third kappa shape index (κ3) is 5.50. The molecule has 0 aliphatic carbocycles. The van der Waals surface area contributed by atoms with Crippen molar-refractivity contribution in [3.8, 4) is 0 Å². The van der Waals surface area contributed by atoms with Crippen LogP contribution >= 0.6 is 0 Å². The lowest BCUT2D eigenvalue weighted by Gasteiger charge is -2.19. The monoisotopic (exact) mass is 297 g/mol. The van der Waals surface area contributed by atoms with Crippen LogP contribution < -0.4 is 0 Å². The summed E-state index contributed by atoms with van der Waals surface area (Å²) in [5.74, 6) is -1.90. The van der Waals surface area contributed by atoms with Gasteiger partial charge in [-0.15, -0.1) is 0 Å². The Morgan fingerprint density at radius 3 is 2.10 bits per heavy atom. The number of nitrogens with zero attached hydrogens (tertiary/aromatic N) is 1. The summed E-state index contributed by atoms with van der Waals surface area (Å²) in [5, 5.41) is 26.7. The second-order valence-corrected chi connectivity index (χ2v) is 4.28. The quantitative estimate of drug-likeness (QED) is 0.543. The predicted molar refractivity (Wildman–Crippen MR) is 74.3 cm³/mol. The topological polar surface area (TPSA) is 107 Å². The first-order valence-corrected chi connectivity index (χ1v) is 6.53. The van der Waals surface area contributed by atoms with Crippen LogP contribution in [0.4, 0.5) is 0 Å². The fourth-order valence-electron chi connectivity index (χ4n) is 1.81. The molecule has 0 atom stereocenters. The Hall–Kier alpha value is -1.96. The molecule has 21 heavy (non-hydrogen) atoms. The molecule has 7 nitrogen and oxygen atoms in total. The Morgan fingerprint density at radius 1 is 1.00 bits per heavy atom. The summed E-state index contributed by atoms with van der Waals surface area (Å²) < 4.78 is 5.03. The summed E-state index contributed by atoms with van der Waals surface area (Å²) in [6.07, 6.45) is 0. The molecule has 1 aromatic carbocycles. The van der Waals surface area contributed by atoms with Gasteiger partial charge in [0.2, 0.25) is 0 Å². The fourth-order valence-corrected chi connectivity index (χ4v) is 1.81. The second kappa shape index (κ2) is 9.06. The molecular formula is C14H19NO6. The van der Waals surface area contributed by atoms with Crippen LogP contribution in [0.1, 0.15) is 20.7 Å². The Kier molecular flexibility index (Phi) is 7.38. The Bertz CT molecular complexity index is 470. The smallest absolute Gasteiger partial charge is 0.339 e. The number of hydrogen-bond donors (Lipinski definition) is 3. The number of rotatable bonds is 9. The van der Waals surface area contributed by atoms with Gasteiger partial charge in [0, 0.05) is 19.6 Å². The van der Waals surface area contributed by atoms with Gasteiger partial charge in [0.25, 0.3) is 0 Å². The molecule has 3 N–H and O–H groups in total. The van der Waals surface area contributed by atoms with Gasteiger partial charge in [-0.1, -0.05) is 12.1 Å². The standard InChI is InChI=1S/C14H19NO6/c16-8-5-15(6-9-17)7-10-21-14(20)12-4-2-1-3-11(12)13(18)19/h1-4,16-17H,5-10H2,(H,18,19). The SMILES string of the molecule is O=C(O)c1ccccc1C(=O)OCCN(CCO)CCO. The van der Waals surface area contributed by atoms with E-state index in [9.17, 15) is 9.59 Å². The zero-order valence-corrected chi connectivity index (χ0v) is 11.6. The van der Waals surface area contributed by atoms with Gasteiger partial charge in [-0.2, -0.15) is 0 Å². The number of aromatic carboxylic acids is 1. The van der Waals surface area contributed by atoms with E-state index in [1.807, 2.05) is 0 Å². The minimum absolute atomic E-state index is 0.000802. The van der Waals surface area contributed by atoms with E-state index in [0.29, 0.717) is 19.6 Å². The maximum atomic E-state index is 11.9. The third-order valence-electron chi connectivity index (χ3n) is 2.85. The van der Waals surface area contributed by atoms with E-state index < -0.39 is 11.9 Å². The van der Waals surface area contributed by atoms with E-state index in [-0.39, 0.29) is 30.9 Å². The third-order valence-corrected chi connectivity index (χ3v) is 2.85. The minimum atomic E-state index is -1.19. The summed E-state index contributed by atoms with van der Waals surface area (Å²) in [6, 6.07) is 5.82. The highest BCUT2D eigenvalue weighted by atomic mass is 16.5. The van der Waals surface area contributed by atoms with Gasteiger partial charge in [-0.05, 0) is 12.1 Å². The molecule has 7 heteroatoms. The van der Waals surface area contributed by atoms with Crippen LogP contribution in [-0.4, -0.2) is 71.6 Å². The first kappa shape index (κ1) is 17.1. The maximum Gasteiger partial charge on any atom is 0.339 e. The molecule has 116 valence electrons. The molecule has 0 bridgehead atoms. The van der Waals surface area contributed by atoms with E-state index in [1.54, 1.807) is 11.0 Å². The van der Waals surface area contributed by atoms with Crippen LogP contribution in [0, 0.1) is 0 Å². The summed E-state index contributed by atoms with van der Waals surface area (Å²) in [4.78, 5) is 24.6. The Morgan fingerprint density at radius 2 is 1.57 bits per heavy atom. The molecule has 0 aliphatic rings. The van der Waals surface area contributed by atoms with Crippen molar-refractivity contribution in [2.24, 2.45) is 0 Å². The van der Waals surface area contributed by atoms with Crippen LogP contribution in [0.5, 0.6) is 0 Å². The van der Waals surface area contributed by atoms with Crippen molar-refractivity contribution in [3.63, 3.8) is 0 Å². The highest BCUT2D eigenvalue weighted by molar-refractivity contribution is 6.02. The van der Waals surface area contributed by atoms with Crippen molar-refractivity contribution in [2.45, 2.75) is 0 Å². The van der Waals surface area contributed by atoms with Gasteiger partial charge in [0.05, 0.1) is 24.3 Å². The Labute approximate surface area is 122 Å². The van der Waals surface area contributed by atoms with Crippen molar-refractivity contribution in [2.75, 3.05) is 39.5 Å². The highest BCUT2D eigenvalue weighted by Crippen LogP contribution is 2.10. The molecule has 1 aromatic rings. The molecule has 1 rings (SSSR count). The maximum absolute atomic E-state index is 11.9. The highest BCUT2D eigenvalue weighted by Gasteiger charge is 2.17. The van der Waals surface area contributed by atoms with Gasteiger partial charge in [-0.3, -0.25) is 4.90 Å². The Balaban J connectivity index is 2.56. The van der Waals surface area contributed by atoms with E-state index in [2.05, 4.69) is 0 Å². The zero-order valence-electron chi connectivity index (χ0n) is 11.6. The van der Waals surface area contributed by atoms with Gasteiger partial charge in [-0.25, -0.2) is 9.59 Å². The zero-order chi connectivity index (χ0) is 15.7. The van der Waals surface area contributed by atoms with Crippen molar-refractivity contribution in [3.05, 3.63) is 35.4 Å². The first-order valence-electron chi connectivity index (χ1n) is 6.53. The molecule has 0 radical (unpaired) electrons. The van der Waals surface area contributed by atoms with E-state index in [4.69, 9.17) is 20.1 Å². The van der Waals surface area contributed by atoms with Crippen LogP contribution in [-0.2, 0) is 4.74 Å². The molecule has 0 aromatic heterocycles. The summed E-state index contributed by atoms with van der Waals surface area (Å²) in [7, 11) is 0. The van der Waals surface area contributed by atoms with Crippen molar-refractivity contribution >= 4 is 11.9 Å². The molecule has 0 spiro atoms. The lowest BCUT2D eigenvalue weighted by molar-refractivity contribution is 0.0435. The number of esters is 1. The lowest BCUT2D eigenvalue weighted by atomic mass is 10.1. The summed E-state index contributed by atoms with van der Waals surface area (Å²) in [6.45, 7) is 1.01. The minimum Gasteiger partial charge on any atom is -0.478 e. The number of aliphatic hydroxyl groups is 2. The fraction of sp³-hybridized carbons (Fsp3) is 0.429. The average Bonchev–Trinajstić information content (AvgIpc) is 2.47. The van der Waals surface area contributed by atoms with Crippen LogP contribution in [0.3, 0.4) is 0 Å².